The monoisotopic (exact) mass is 348 g/mol. The Morgan fingerprint density at radius 1 is 1.19 bits per heavy atom. The van der Waals surface area contributed by atoms with Crippen molar-refractivity contribution < 1.29 is 9.84 Å². The molecule has 1 N–H and O–H groups in total. The van der Waals surface area contributed by atoms with Crippen molar-refractivity contribution >= 4 is 15.9 Å². The molecular weight excluding hydrogens is 328 g/mol. The van der Waals surface area contributed by atoms with E-state index in [1.807, 2.05) is 37.3 Å². The minimum absolute atomic E-state index is 0.0507. The van der Waals surface area contributed by atoms with Crippen LogP contribution in [0.5, 0.6) is 5.75 Å². The molecule has 2 atom stereocenters. The van der Waals surface area contributed by atoms with Crippen LogP contribution < -0.4 is 4.74 Å². The molecule has 2 unspecified atom stereocenters. The Labute approximate surface area is 134 Å². The van der Waals surface area contributed by atoms with Crippen LogP contribution in [0.1, 0.15) is 42.1 Å². The van der Waals surface area contributed by atoms with Gasteiger partial charge in [-0.2, -0.15) is 0 Å². The standard InChI is InChI=1S/C18H21BrO2/c1-4-14(13-8-6-5-7-9-13)18(20)15-11-16(19)12(2)10-17(15)21-3/h5-11,14,18,20H,4H2,1-3H3. The number of aliphatic hydroxyl groups is 1. The third-order valence-electron chi connectivity index (χ3n) is 3.88. The topological polar surface area (TPSA) is 29.5 Å². The van der Waals surface area contributed by atoms with E-state index >= 15 is 0 Å². The summed E-state index contributed by atoms with van der Waals surface area (Å²) in [4.78, 5) is 0. The second kappa shape index (κ2) is 7.10. The molecule has 0 radical (unpaired) electrons. The number of hydrogen-bond donors (Lipinski definition) is 1. The number of ether oxygens (including phenoxy) is 1. The summed E-state index contributed by atoms with van der Waals surface area (Å²) in [6.45, 7) is 4.11. The first kappa shape index (κ1) is 16.1. The average Bonchev–Trinajstić information content (AvgIpc) is 2.51. The first-order valence-corrected chi connectivity index (χ1v) is 7.94. The van der Waals surface area contributed by atoms with Crippen LogP contribution >= 0.6 is 15.9 Å². The van der Waals surface area contributed by atoms with Crippen LogP contribution in [0.4, 0.5) is 0 Å². The maximum Gasteiger partial charge on any atom is 0.125 e. The molecule has 0 saturated heterocycles. The second-order valence-corrected chi connectivity index (χ2v) is 6.07. The maximum atomic E-state index is 10.9. The molecule has 0 heterocycles. The molecule has 0 aliphatic heterocycles. The molecule has 21 heavy (non-hydrogen) atoms. The van der Waals surface area contributed by atoms with Crippen molar-refractivity contribution in [3.05, 3.63) is 63.6 Å². The number of hydrogen-bond acceptors (Lipinski definition) is 2. The molecular formula is C18H21BrO2. The predicted octanol–water partition coefficient (Wildman–Crippen LogP) is 4.99. The highest BCUT2D eigenvalue weighted by Crippen LogP contribution is 2.39. The van der Waals surface area contributed by atoms with Crippen molar-refractivity contribution in [2.45, 2.75) is 32.3 Å². The van der Waals surface area contributed by atoms with Gasteiger partial charge in [-0.3, -0.25) is 0 Å². The normalized spacial score (nSPS) is 13.8. The fourth-order valence-electron chi connectivity index (χ4n) is 2.64. The molecule has 0 spiro atoms. The molecule has 0 aromatic heterocycles. The summed E-state index contributed by atoms with van der Waals surface area (Å²) in [7, 11) is 1.64. The smallest absolute Gasteiger partial charge is 0.125 e. The van der Waals surface area contributed by atoms with Gasteiger partial charge >= 0.3 is 0 Å². The van der Waals surface area contributed by atoms with Gasteiger partial charge in [-0.1, -0.05) is 53.2 Å². The zero-order chi connectivity index (χ0) is 15.4. The minimum atomic E-state index is -0.593. The van der Waals surface area contributed by atoms with Gasteiger partial charge < -0.3 is 9.84 Å². The van der Waals surface area contributed by atoms with Gasteiger partial charge in [-0.25, -0.2) is 0 Å². The largest absolute Gasteiger partial charge is 0.496 e. The van der Waals surface area contributed by atoms with Crippen LogP contribution in [0.2, 0.25) is 0 Å². The fourth-order valence-corrected chi connectivity index (χ4v) is 3.00. The average molecular weight is 349 g/mol. The molecule has 0 fully saturated rings. The van der Waals surface area contributed by atoms with Crippen molar-refractivity contribution in [3.8, 4) is 5.75 Å². The summed E-state index contributed by atoms with van der Waals surface area (Å²) in [6.07, 6.45) is 0.268. The summed E-state index contributed by atoms with van der Waals surface area (Å²) in [6, 6.07) is 14.1. The van der Waals surface area contributed by atoms with Gasteiger partial charge in [-0.15, -0.1) is 0 Å². The molecule has 0 bridgehead atoms. The number of aryl methyl sites for hydroxylation is 1. The Morgan fingerprint density at radius 2 is 1.86 bits per heavy atom. The summed E-state index contributed by atoms with van der Waals surface area (Å²) in [5.41, 5.74) is 3.06. The zero-order valence-electron chi connectivity index (χ0n) is 12.6. The van der Waals surface area contributed by atoms with Gasteiger partial charge in [0.25, 0.3) is 0 Å². The third-order valence-corrected chi connectivity index (χ3v) is 4.73. The van der Waals surface area contributed by atoms with E-state index < -0.39 is 6.10 Å². The van der Waals surface area contributed by atoms with E-state index in [0.29, 0.717) is 0 Å². The van der Waals surface area contributed by atoms with Crippen molar-refractivity contribution in [2.24, 2.45) is 0 Å². The van der Waals surface area contributed by atoms with Crippen LogP contribution in [-0.2, 0) is 0 Å². The van der Waals surface area contributed by atoms with Crippen LogP contribution in [0.25, 0.3) is 0 Å². The third kappa shape index (κ3) is 3.47. The number of rotatable bonds is 5. The van der Waals surface area contributed by atoms with Gasteiger partial charge in [0, 0.05) is 16.0 Å². The summed E-state index contributed by atoms with van der Waals surface area (Å²) < 4.78 is 6.44. The molecule has 0 saturated carbocycles. The molecule has 0 aliphatic carbocycles. The Bertz CT molecular complexity index is 596. The van der Waals surface area contributed by atoms with Crippen molar-refractivity contribution in [1.29, 1.82) is 0 Å². The van der Waals surface area contributed by atoms with Gasteiger partial charge in [-0.05, 0) is 36.6 Å². The molecule has 0 amide bonds. The van der Waals surface area contributed by atoms with Crippen LogP contribution in [0.15, 0.2) is 46.9 Å². The molecule has 112 valence electrons. The van der Waals surface area contributed by atoms with Crippen LogP contribution in [-0.4, -0.2) is 12.2 Å². The summed E-state index contributed by atoms with van der Waals surface area (Å²) in [5.74, 6) is 0.785. The highest BCUT2D eigenvalue weighted by atomic mass is 79.9. The van der Waals surface area contributed by atoms with E-state index in [0.717, 1.165) is 33.3 Å². The highest BCUT2D eigenvalue weighted by Gasteiger charge is 2.24. The first-order valence-electron chi connectivity index (χ1n) is 7.15. The van der Waals surface area contributed by atoms with Crippen molar-refractivity contribution in [1.82, 2.24) is 0 Å². The number of benzene rings is 2. The van der Waals surface area contributed by atoms with E-state index in [4.69, 9.17) is 4.74 Å². The van der Waals surface area contributed by atoms with E-state index in [-0.39, 0.29) is 5.92 Å². The molecule has 2 nitrogen and oxygen atoms in total. The molecule has 2 rings (SSSR count). The van der Waals surface area contributed by atoms with E-state index in [1.54, 1.807) is 7.11 Å². The highest BCUT2D eigenvalue weighted by molar-refractivity contribution is 9.10. The summed E-state index contributed by atoms with van der Waals surface area (Å²) >= 11 is 3.54. The first-order chi connectivity index (χ1) is 10.1. The quantitative estimate of drug-likeness (QED) is 0.824. The van der Waals surface area contributed by atoms with Crippen molar-refractivity contribution in [3.63, 3.8) is 0 Å². The predicted molar refractivity (Wildman–Crippen MR) is 89.9 cm³/mol. The molecule has 0 aliphatic rings. The molecule has 3 heteroatoms. The Morgan fingerprint density at radius 3 is 2.43 bits per heavy atom. The van der Waals surface area contributed by atoms with Gasteiger partial charge in [0.2, 0.25) is 0 Å². The lowest BCUT2D eigenvalue weighted by Crippen LogP contribution is -2.11. The lowest BCUT2D eigenvalue weighted by molar-refractivity contribution is 0.139. The Kier molecular flexibility index (Phi) is 5.43. The van der Waals surface area contributed by atoms with Crippen LogP contribution in [0.3, 0.4) is 0 Å². The minimum Gasteiger partial charge on any atom is -0.496 e. The van der Waals surface area contributed by atoms with Crippen molar-refractivity contribution in [2.75, 3.05) is 7.11 Å². The number of methoxy groups -OCH3 is 1. The van der Waals surface area contributed by atoms with E-state index in [1.165, 1.54) is 0 Å². The van der Waals surface area contributed by atoms with Gasteiger partial charge in [0.1, 0.15) is 5.75 Å². The Balaban J connectivity index is 2.42. The van der Waals surface area contributed by atoms with E-state index in [2.05, 4.69) is 35.0 Å². The van der Waals surface area contributed by atoms with Crippen LogP contribution in [0, 0.1) is 6.92 Å². The maximum absolute atomic E-state index is 10.9. The SMILES string of the molecule is CCC(c1ccccc1)C(O)c1cc(Br)c(C)cc1OC. The fraction of sp³-hybridized carbons (Fsp3) is 0.333. The van der Waals surface area contributed by atoms with Gasteiger partial charge in [0.15, 0.2) is 0 Å². The van der Waals surface area contributed by atoms with E-state index in [9.17, 15) is 5.11 Å². The second-order valence-electron chi connectivity index (χ2n) is 5.21. The number of aliphatic hydroxyl groups excluding tert-OH is 1. The summed E-state index contributed by atoms with van der Waals surface area (Å²) in [5, 5.41) is 10.9. The lowest BCUT2D eigenvalue weighted by Gasteiger charge is -2.24. The van der Waals surface area contributed by atoms with Gasteiger partial charge in [0.05, 0.1) is 13.2 Å². The molecule has 2 aromatic carbocycles. The Hall–Kier alpha value is -1.32. The number of halogens is 1. The lowest BCUT2D eigenvalue weighted by atomic mass is 9.86. The molecule has 2 aromatic rings. The zero-order valence-corrected chi connectivity index (χ0v) is 14.2.